The summed E-state index contributed by atoms with van der Waals surface area (Å²) in [5, 5.41) is 13.7. The number of nitrogens with one attached hydrogen (secondary N) is 1. The lowest BCUT2D eigenvalue weighted by atomic mass is 10.1. The van der Waals surface area contributed by atoms with Crippen LogP contribution in [-0.2, 0) is 4.79 Å². The molecule has 10 heteroatoms. The molecule has 0 saturated carbocycles. The summed E-state index contributed by atoms with van der Waals surface area (Å²) in [4.78, 5) is 29.5. The molecule has 1 aromatic heterocycles. The lowest BCUT2D eigenvalue weighted by Gasteiger charge is -2.36. The summed E-state index contributed by atoms with van der Waals surface area (Å²) >= 11 is 4.63. The first-order valence-corrected chi connectivity index (χ1v) is 14.9. The van der Waals surface area contributed by atoms with E-state index >= 15 is 0 Å². The minimum absolute atomic E-state index is 0.0484. The van der Waals surface area contributed by atoms with Crippen LogP contribution in [0.4, 0.5) is 11.4 Å². The second-order valence-electron chi connectivity index (χ2n) is 9.61. The third kappa shape index (κ3) is 6.44. The van der Waals surface area contributed by atoms with Gasteiger partial charge in [0.05, 0.1) is 5.75 Å². The SMILES string of the molecule is O=C(CSc1nnc(-c2ccc3ccccc3c2)o1)Nc1ccc(N2CCN(C(=O)c3cccc(Br)c3)CC2)cc1. The monoisotopic (exact) mass is 627 g/mol. The molecule has 6 rings (SSSR count). The van der Waals surface area contributed by atoms with E-state index in [4.69, 9.17) is 4.42 Å². The average Bonchev–Trinajstić information content (AvgIpc) is 3.49. The van der Waals surface area contributed by atoms with Crippen molar-refractivity contribution in [2.75, 3.05) is 42.1 Å². The van der Waals surface area contributed by atoms with Gasteiger partial charge in [-0.15, -0.1) is 10.2 Å². The van der Waals surface area contributed by atoms with Crippen molar-refractivity contribution in [3.05, 3.63) is 101 Å². The number of fused-ring (bicyclic) bond motifs is 1. The number of benzene rings is 4. The van der Waals surface area contributed by atoms with Crippen molar-refractivity contribution >= 4 is 61.7 Å². The van der Waals surface area contributed by atoms with Gasteiger partial charge in [-0.3, -0.25) is 9.59 Å². The van der Waals surface area contributed by atoms with Gasteiger partial charge in [0.2, 0.25) is 11.8 Å². The van der Waals surface area contributed by atoms with Crippen LogP contribution >= 0.6 is 27.7 Å². The highest BCUT2D eigenvalue weighted by atomic mass is 79.9. The number of thioether (sulfide) groups is 1. The molecule has 1 saturated heterocycles. The van der Waals surface area contributed by atoms with E-state index < -0.39 is 0 Å². The molecule has 206 valence electrons. The molecule has 0 aliphatic carbocycles. The molecule has 1 fully saturated rings. The topological polar surface area (TPSA) is 91.6 Å². The third-order valence-electron chi connectivity index (χ3n) is 6.88. The van der Waals surface area contributed by atoms with Gasteiger partial charge in [0, 0.05) is 53.2 Å². The molecule has 0 atom stereocenters. The standard InChI is InChI=1S/C31H26BrN5O3S/c32-25-7-3-6-24(19-25)30(39)37-16-14-36(15-17-37)27-12-10-26(11-13-27)33-28(38)20-41-31-35-34-29(40-31)23-9-8-21-4-1-2-5-22(21)18-23/h1-13,18-19H,14-17,20H2,(H,33,38). The maximum Gasteiger partial charge on any atom is 0.277 e. The Balaban J connectivity index is 0.982. The van der Waals surface area contributed by atoms with Gasteiger partial charge >= 0.3 is 0 Å². The first-order chi connectivity index (χ1) is 20.0. The van der Waals surface area contributed by atoms with Gasteiger partial charge in [0.1, 0.15) is 0 Å². The number of amides is 2. The molecule has 8 nitrogen and oxygen atoms in total. The Morgan fingerprint density at radius 3 is 2.41 bits per heavy atom. The minimum Gasteiger partial charge on any atom is -0.411 e. The highest BCUT2D eigenvalue weighted by molar-refractivity contribution is 9.10. The quantitative estimate of drug-likeness (QED) is 0.210. The molecule has 0 bridgehead atoms. The molecule has 0 radical (unpaired) electrons. The largest absolute Gasteiger partial charge is 0.411 e. The van der Waals surface area contributed by atoms with Crippen molar-refractivity contribution in [3.8, 4) is 11.5 Å². The van der Waals surface area contributed by atoms with Crippen LogP contribution in [0.15, 0.2) is 105 Å². The molecule has 2 amide bonds. The second-order valence-corrected chi connectivity index (χ2v) is 11.5. The number of nitrogens with zero attached hydrogens (tertiary/aromatic N) is 4. The number of rotatable bonds is 7. The molecule has 41 heavy (non-hydrogen) atoms. The average molecular weight is 629 g/mol. The predicted octanol–water partition coefficient (Wildman–Crippen LogP) is 6.35. The predicted molar refractivity (Wildman–Crippen MR) is 165 cm³/mol. The molecule has 0 spiro atoms. The Hall–Kier alpha value is -4.15. The molecule has 1 aliphatic rings. The van der Waals surface area contributed by atoms with Crippen molar-refractivity contribution in [1.29, 1.82) is 0 Å². The highest BCUT2D eigenvalue weighted by Gasteiger charge is 2.22. The zero-order valence-corrected chi connectivity index (χ0v) is 24.4. The molecule has 0 unspecified atom stereocenters. The van der Waals surface area contributed by atoms with Crippen LogP contribution in [0.25, 0.3) is 22.2 Å². The normalized spacial score (nSPS) is 13.4. The van der Waals surface area contributed by atoms with Crippen molar-refractivity contribution < 1.29 is 14.0 Å². The van der Waals surface area contributed by atoms with E-state index in [1.807, 2.05) is 89.8 Å². The van der Waals surface area contributed by atoms with E-state index in [0.717, 1.165) is 39.6 Å². The van der Waals surface area contributed by atoms with Crippen LogP contribution < -0.4 is 10.2 Å². The van der Waals surface area contributed by atoms with Crippen LogP contribution in [0.3, 0.4) is 0 Å². The highest BCUT2D eigenvalue weighted by Crippen LogP contribution is 2.27. The number of hydrogen-bond acceptors (Lipinski definition) is 7. The maximum atomic E-state index is 12.8. The summed E-state index contributed by atoms with van der Waals surface area (Å²) in [6, 6.07) is 29.3. The summed E-state index contributed by atoms with van der Waals surface area (Å²) in [6.07, 6.45) is 0. The lowest BCUT2D eigenvalue weighted by molar-refractivity contribution is -0.113. The second kappa shape index (κ2) is 12.2. The van der Waals surface area contributed by atoms with E-state index in [1.165, 1.54) is 11.8 Å². The fraction of sp³-hybridized carbons (Fsp3) is 0.161. The lowest BCUT2D eigenvalue weighted by Crippen LogP contribution is -2.48. The summed E-state index contributed by atoms with van der Waals surface area (Å²) in [7, 11) is 0. The maximum absolute atomic E-state index is 12.8. The van der Waals surface area contributed by atoms with Crippen molar-refractivity contribution in [3.63, 3.8) is 0 Å². The summed E-state index contributed by atoms with van der Waals surface area (Å²) < 4.78 is 6.68. The summed E-state index contributed by atoms with van der Waals surface area (Å²) in [5.74, 6) is 0.461. The Morgan fingerprint density at radius 2 is 1.63 bits per heavy atom. The van der Waals surface area contributed by atoms with E-state index in [9.17, 15) is 9.59 Å². The number of anilines is 2. The van der Waals surface area contributed by atoms with Crippen molar-refractivity contribution in [2.24, 2.45) is 0 Å². The van der Waals surface area contributed by atoms with Gasteiger partial charge in [-0.05, 0) is 65.4 Å². The Morgan fingerprint density at radius 1 is 0.854 bits per heavy atom. The Kier molecular flexibility index (Phi) is 8.02. The first kappa shape index (κ1) is 27.0. The van der Waals surface area contributed by atoms with Gasteiger partial charge in [-0.2, -0.15) is 0 Å². The molecular formula is C31H26BrN5O3S. The van der Waals surface area contributed by atoms with Gasteiger partial charge in [0.15, 0.2) is 0 Å². The first-order valence-electron chi connectivity index (χ1n) is 13.2. The number of hydrogen-bond donors (Lipinski definition) is 1. The zero-order chi connectivity index (χ0) is 28.2. The van der Waals surface area contributed by atoms with Gasteiger partial charge in [-0.25, -0.2) is 0 Å². The number of piperazine rings is 1. The molecule has 2 heterocycles. The molecular weight excluding hydrogens is 602 g/mol. The van der Waals surface area contributed by atoms with Gasteiger partial charge < -0.3 is 19.5 Å². The van der Waals surface area contributed by atoms with E-state index in [1.54, 1.807) is 0 Å². The van der Waals surface area contributed by atoms with E-state index in [2.05, 4.69) is 42.4 Å². The van der Waals surface area contributed by atoms with Crippen molar-refractivity contribution in [1.82, 2.24) is 15.1 Å². The molecule has 1 aliphatic heterocycles. The third-order valence-corrected chi connectivity index (χ3v) is 8.20. The summed E-state index contributed by atoms with van der Waals surface area (Å²) in [6.45, 7) is 2.79. The minimum atomic E-state index is -0.159. The van der Waals surface area contributed by atoms with Crippen LogP contribution in [0.5, 0.6) is 0 Å². The van der Waals surface area contributed by atoms with Gasteiger partial charge in [-0.1, -0.05) is 64.1 Å². The van der Waals surface area contributed by atoms with Crippen molar-refractivity contribution in [2.45, 2.75) is 5.22 Å². The van der Waals surface area contributed by atoms with Gasteiger partial charge in [0.25, 0.3) is 11.1 Å². The van der Waals surface area contributed by atoms with Crippen LogP contribution in [0.1, 0.15) is 10.4 Å². The molecule has 5 aromatic rings. The smallest absolute Gasteiger partial charge is 0.277 e. The number of halogens is 1. The Bertz CT molecular complexity index is 1700. The van der Waals surface area contributed by atoms with Crippen LogP contribution in [-0.4, -0.2) is 58.8 Å². The molecule has 4 aromatic carbocycles. The van der Waals surface area contributed by atoms with E-state index in [-0.39, 0.29) is 17.6 Å². The molecule has 1 N–H and O–H groups in total. The number of carbonyl (C=O) groups is 2. The Labute approximate surface area is 249 Å². The zero-order valence-electron chi connectivity index (χ0n) is 22.0. The van der Waals surface area contributed by atoms with Crippen LogP contribution in [0, 0.1) is 0 Å². The van der Waals surface area contributed by atoms with E-state index in [0.29, 0.717) is 35.5 Å². The number of aromatic nitrogens is 2. The summed E-state index contributed by atoms with van der Waals surface area (Å²) in [5.41, 5.74) is 3.30. The fourth-order valence-corrected chi connectivity index (χ4v) is 5.72. The van der Waals surface area contributed by atoms with Crippen LogP contribution in [0.2, 0.25) is 0 Å². The number of carbonyl (C=O) groups excluding carboxylic acids is 2. The fourth-order valence-electron chi connectivity index (χ4n) is 4.76.